The molecule has 1 atom stereocenters. The third-order valence-electron chi connectivity index (χ3n) is 3.44. The van der Waals surface area contributed by atoms with Crippen LogP contribution in [0.4, 0.5) is 11.4 Å². The molecule has 0 radical (unpaired) electrons. The van der Waals surface area contributed by atoms with Crippen molar-refractivity contribution >= 4 is 23.1 Å². The van der Waals surface area contributed by atoms with Crippen LogP contribution in [0.15, 0.2) is 52.3 Å². The second-order valence-corrected chi connectivity index (χ2v) is 5.77. The van der Waals surface area contributed by atoms with Crippen molar-refractivity contribution in [1.29, 1.82) is 0 Å². The Balaban J connectivity index is 2.22. The topological polar surface area (TPSA) is 23.5 Å². The highest BCUT2D eigenvalue weighted by atomic mass is 32.2. The lowest BCUT2D eigenvalue weighted by atomic mass is 10.1. The van der Waals surface area contributed by atoms with E-state index in [1.807, 2.05) is 19.1 Å². The smallest absolute Gasteiger partial charge is 0.0782 e. The number of aliphatic hydroxyl groups excluding tert-OH is 1. The standard InChI is InChI=1S/C16H17NOS/c1-3-17-13-8-4-5-9-14(13)19-15-10-6-7-12(11(2)18)16(15)17/h4-11,18H,3H2,1-2H3/t11-/m0/s1. The number of para-hydroxylation sites is 2. The molecule has 0 aliphatic carbocycles. The predicted molar refractivity (Wildman–Crippen MR) is 80.3 cm³/mol. The zero-order valence-corrected chi connectivity index (χ0v) is 11.9. The van der Waals surface area contributed by atoms with Crippen LogP contribution in [-0.2, 0) is 0 Å². The summed E-state index contributed by atoms with van der Waals surface area (Å²) in [6.07, 6.45) is -0.449. The average molecular weight is 271 g/mol. The number of fused-ring (bicyclic) bond motifs is 2. The van der Waals surface area contributed by atoms with Gasteiger partial charge in [-0.3, -0.25) is 0 Å². The predicted octanol–water partition coefficient (Wildman–Crippen LogP) is 4.36. The van der Waals surface area contributed by atoms with Gasteiger partial charge in [-0.05, 0) is 32.0 Å². The monoisotopic (exact) mass is 271 g/mol. The van der Waals surface area contributed by atoms with Gasteiger partial charge in [0, 0.05) is 21.9 Å². The van der Waals surface area contributed by atoms with Crippen LogP contribution in [-0.4, -0.2) is 11.7 Å². The Bertz CT molecular complexity index is 609. The van der Waals surface area contributed by atoms with Gasteiger partial charge in [-0.15, -0.1) is 0 Å². The van der Waals surface area contributed by atoms with E-state index in [0.717, 1.165) is 17.8 Å². The van der Waals surface area contributed by atoms with Crippen LogP contribution in [0.25, 0.3) is 0 Å². The molecule has 98 valence electrons. The second kappa shape index (κ2) is 4.91. The first-order chi connectivity index (χ1) is 9.22. The first-order valence-electron chi connectivity index (χ1n) is 6.57. The van der Waals surface area contributed by atoms with Gasteiger partial charge in [0.1, 0.15) is 0 Å². The van der Waals surface area contributed by atoms with Crippen molar-refractivity contribution in [3.63, 3.8) is 0 Å². The van der Waals surface area contributed by atoms with Crippen LogP contribution < -0.4 is 4.90 Å². The quantitative estimate of drug-likeness (QED) is 0.877. The molecule has 1 aliphatic rings. The van der Waals surface area contributed by atoms with E-state index in [1.165, 1.54) is 15.5 Å². The van der Waals surface area contributed by atoms with Crippen LogP contribution in [0.1, 0.15) is 25.5 Å². The first-order valence-corrected chi connectivity index (χ1v) is 7.39. The summed E-state index contributed by atoms with van der Waals surface area (Å²) in [6.45, 7) is 4.87. The summed E-state index contributed by atoms with van der Waals surface area (Å²) in [4.78, 5) is 4.79. The van der Waals surface area contributed by atoms with Crippen molar-refractivity contribution in [2.45, 2.75) is 29.7 Å². The van der Waals surface area contributed by atoms with E-state index in [1.54, 1.807) is 11.8 Å². The Kier molecular flexibility index (Phi) is 3.25. The highest BCUT2D eigenvalue weighted by molar-refractivity contribution is 7.99. The Morgan fingerprint density at radius 1 is 1.11 bits per heavy atom. The van der Waals surface area contributed by atoms with Crippen LogP contribution in [0, 0.1) is 0 Å². The van der Waals surface area contributed by atoms with Crippen molar-refractivity contribution in [3.05, 3.63) is 48.0 Å². The van der Waals surface area contributed by atoms with Crippen molar-refractivity contribution in [2.24, 2.45) is 0 Å². The van der Waals surface area contributed by atoms with Gasteiger partial charge in [-0.25, -0.2) is 0 Å². The number of benzene rings is 2. The number of anilines is 2. The van der Waals surface area contributed by atoms with Gasteiger partial charge < -0.3 is 10.0 Å². The summed E-state index contributed by atoms with van der Waals surface area (Å²) in [5, 5.41) is 10.0. The summed E-state index contributed by atoms with van der Waals surface area (Å²) < 4.78 is 0. The lowest BCUT2D eigenvalue weighted by Gasteiger charge is -2.34. The van der Waals surface area contributed by atoms with E-state index in [9.17, 15) is 5.11 Å². The number of hydrogen-bond donors (Lipinski definition) is 1. The molecule has 3 heteroatoms. The summed E-state index contributed by atoms with van der Waals surface area (Å²) in [6, 6.07) is 14.6. The van der Waals surface area contributed by atoms with Gasteiger partial charge in [-0.2, -0.15) is 0 Å². The van der Waals surface area contributed by atoms with E-state index >= 15 is 0 Å². The molecule has 0 bridgehead atoms. The molecule has 1 heterocycles. The minimum absolute atomic E-state index is 0.449. The zero-order chi connectivity index (χ0) is 13.4. The van der Waals surface area contributed by atoms with Gasteiger partial charge in [-0.1, -0.05) is 36.0 Å². The molecule has 0 amide bonds. The van der Waals surface area contributed by atoms with Crippen LogP contribution in [0.2, 0.25) is 0 Å². The lowest BCUT2D eigenvalue weighted by Crippen LogP contribution is -2.22. The largest absolute Gasteiger partial charge is 0.389 e. The van der Waals surface area contributed by atoms with Gasteiger partial charge in [0.25, 0.3) is 0 Å². The highest BCUT2D eigenvalue weighted by Crippen LogP contribution is 2.50. The molecule has 0 saturated carbocycles. The number of nitrogens with zero attached hydrogens (tertiary/aromatic N) is 1. The van der Waals surface area contributed by atoms with Gasteiger partial charge in [0.05, 0.1) is 17.5 Å². The molecule has 2 nitrogen and oxygen atoms in total. The van der Waals surface area contributed by atoms with Crippen molar-refractivity contribution in [2.75, 3.05) is 11.4 Å². The fourth-order valence-corrected chi connectivity index (χ4v) is 3.72. The number of aliphatic hydroxyl groups is 1. The van der Waals surface area contributed by atoms with E-state index < -0.39 is 6.10 Å². The second-order valence-electron chi connectivity index (χ2n) is 4.68. The van der Waals surface area contributed by atoms with Crippen molar-refractivity contribution in [3.8, 4) is 0 Å². The fraction of sp³-hybridized carbons (Fsp3) is 0.250. The Labute approximate surface area is 118 Å². The van der Waals surface area contributed by atoms with E-state index in [-0.39, 0.29) is 0 Å². The zero-order valence-electron chi connectivity index (χ0n) is 11.1. The van der Waals surface area contributed by atoms with Crippen LogP contribution >= 0.6 is 11.8 Å². The Hall–Kier alpha value is -1.45. The summed E-state index contributed by atoms with van der Waals surface area (Å²) >= 11 is 1.78. The first kappa shape index (κ1) is 12.6. The maximum absolute atomic E-state index is 10.0. The van der Waals surface area contributed by atoms with Gasteiger partial charge >= 0.3 is 0 Å². The van der Waals surface area contributed by atoms with Gasteiger partial charge in [0.15, 0.2) is 0 Å². The van der Waals surface area contributed by atoms with Crippen molar-refractivity contribution in [1.82, 2.24) is 0 Å². The van der Waals surface area contributed by atoms with Crippen LogP contribution in [0.3, 0.4) is 0 Å². The third-order valence-corrected chi connectivity index (χ3v) is 4.56. The molecular formula is C16H17NOS. The molecule has 2 aromatic rings. The molecule has 1 N–H and O–H groups in total. The molecule has 0 fully saturated rings. The summed E-state index contributed by atoms with van der Waals surface area (Å²) in [5.41, 5.74) is 3.39. The average Bonchev–Trinajstić information content (AvgIpc) is 2.43. The van der Waals surface area contributed by atoms with E-state index in [0.29, 0.717) is 0 Å². The molecular weight excluding hydrogens is 254 g/mol. The molecule has 0 spiro atoms. The summed E-state index contributed by atoms with van der Waals surface area (Å²) in [5.74, 6) is 0. The number of rotatable bonds is 2. The van der Waals surface area contributed by atoms with Crippen molar-refractivity contribution < 1.29 is 5.11 Å². The Morgan fingerprint density at radius 2 is 1.84 bits per heavy atom. The molecule has 0 saturated heterocycles. The molecule has 1 aliphatic heterocycles. The molecule has 19 heavy (non-hydrogen) atoms. The maximum Gasteiger partial charge on any atom is 0.0782 e. The number of hydrogen-bond acceptors (Lipinski definition) is 3. The maximum atomic E-state index is 10.0. The van der Waals surface area contributed by atoms with Gasteiger partial charge in [0.2, 0.25) is 0 Å². The fourth-order valence-electron chi connectivity index (χ4n) is 2.58. The normalized spacial score (nSPS) is 14.8. The minimum atomic E-state index is -0.449. The molecule has 2 aromatic carbocycles. The minimum Gasteiger partial charge on any atom is -0.389 e. The molecule has 0 unspecified atom stereocenters. The molecule has 3 rings (SSSR count). The van der Waals surface area contributed by atoms with E-state index in [2.05, 4.69) is 42.2 Å². The third kappa shape index (κ3) is 2.03. The highest BCUT2D eigenvalue weighted by Gasteiger charge is 2.25. The van der Waals surface area contributed by atoms with Crippen LogP contribution in [0.5, 0.6) is 0 Å². The molecule has 0 aromatic heterocycles. The Morgan fingerprint density at radius 3 is 2.58 bits per heavy atom. The lowest BCUT2D eigenvalue weighted by molar-refractivity contribution is 0.199. The summed E-state index contributed by atoms with van der Waals surface area (Å²) in [7, 11) is 0. The SMILES string of the molecule is CCN1c2ccccc2Sc2cccc([C@H](C)O)c21. The van der Waals surface area contributed by atoms with E-state index in [4.69, 9.17) is 0 Å².